The molecule has 1 aromatic carbocycles. The first kappa shape index (κ1) is 21.1. The third kappa shape index (κ3) is 6.54. The molecule has 0 aromatic heterocycles. The van der Waals surface area contributed by atoms with E-state index in [1.165, 1.54) is 6.92 Å². The Labute approximate surface area is 152 Å². The van der Waals surface area contributed by atoms with E-state index in [4.69, 9.17) is 5.11 Å². The summed E-state index contributed by atoms with van der Waals surface area (Å²) >= 11 is 0. The molecule has 0 saturated heterocycles. The molecule has 3 amide bonds. The van der Waals surface area contributed by atoms with Gasteiger partial charge in [-0.3, -0.25) is 14.4 Å². The minimum Gasteiger partial charge on any atom is -0.480 e. The normalized spacial score (nSPS) is 12.8. The van der Waals surface area contributed by atoms with Crippen LogP contribution in [0.15, 0.2) is 24.3 Å². The van der Waals surface area contributed by atoms with Crippen LogP contribution in [0.3, 0.4) is 0 Å². The van der Waals surface area contributed by atoms with Gasteiger partial charge in [-0.05, 0) is 31.9 Å². The molecule has 0 fully saturated rings. The fourth-order valence-corrected chi connectivity index (χ4v) is 2.12. The lowest BCUT2D eigenvalue weighted by Crippen LogP contribution is -2.53. The number of hydrogen-bond acceptors (Lipinski definition) is 4. The lowest BCUT2D eigenvalue weighted by molar-refractivity contribution is -0.143. The van der Waals surface area contributed by atoms with Gasteiger partial charge in [0, 0.05) is 5.56 Å². The number of benzene rings is 1. The third-order valence-electron chi connectivity index (χ3n) is 3.72. The van der Waals surface area contributed by atoms with Gasteiger partial charge in [-0.25, -0.2) is 4.79 Å². The van der Waals surface area contributed by atoms with E-state index in [0.717, 1.165) is 5.56 Å². The molecule has 0 aliphatic rings. The largest absolute Gasteiger partial charge is 0.480 e. The predicted octanol–water partition coefficient (Wildman–Crippen LogP) is 0.455. The molecule has 142 valence electrons. The van der Waals surface area contributed by atoms with Gasteiger partial charge in [-0.1, -0.05) is 31.5 Å². The summed E-state index contributed by atoms with van der Waals surface area (Å²) in [7, 11) is 0. The number of carboxylic acid groups (broad SMARTS) is 1. The molecule has 0 radical (unpaired) electrons. The molecular formula is C18H25N3O5. The molecule has 0 aliphatic carbocycles. The smallest absolute Gasteiger partial charge is 0.326 e. The van der Waals surface area contributed by atoms with E-state index in [0.29, 0.717) is 5.56 Å². The number of rotatable bonds is 8. The van der Waals surface area contributed by atoms with E-state index in [1.807, 2.05) is 6.92 Å². The van der Waals surface area contributed by atoms with Crippen LogP contribution in [0, 0.1) is 12.8 Å². The Balaban J connectivity index is 2.48. The van der Waals surface area contributed by atoms with Gasteiger partial charge in [-0.2, -0.15) is 0 Å². The van der Waals surface area contributed by atoms with E-state index < -0.39 is 35.8 Å². The third-order valence-corrected chi connectivity index (χ3v) is 3.72. The van der Waals surface area contributed by atoms with Crippen molar-refractivity contribution in [3.8, 4) is 0 Å². The van der Waals surface area contributed by atoms with E-state index in [1.54, 1.807) is 38.1 Å². The van der Waals surface area contributed by atoms with Crippen molar-refractivity contribution >= 4 is 23.7 Å². The molecule has 0 saturated carbocycles. The van der Waals surface area contributed by atoms with Crippen LogP contribution in [-0.2, 0) is 14.4 Å². The van der Waals surface area contributed by atoms with Crippen LogP contribution in [0.1, 0.15) is 36.7 Å². The van der Waals surface area contributed by atoms with Gasteiger partial charge in [0.05, 0.1) is 6.54 Å². The van der Waals surface area contributed by atoms with Crippen molar-refractivity contribution in [1.29, 1.82) is 0 Å². The summed E-state index contributed by atoms with van der Waals surface area (Å²) < 4.78 is 0. The molecule has 8 nitrogen and oxygen atoms in total. The van der Waals surface area contributed by atoms with Gasteiger partial charge in [0.1, 0.15) is 12.1 Å². The van der Waals surface area contributed by atoms with Crippen molar-refractivity contribution in [3.63, 3.8) is 0 Å². The summed E-state index contributed by atoms with van der Waals surface area (Å²) in [5.41, 5.74) is 1.44. The van der Waals surface area contributed by atoms with Crippen LogP contribution in [0.2, 0.25) is 0 Å². The van der Waals surface area contributed by atoms with Crippen molar-refractivity contribution in [2.24, 2.45) is 5.92 Å². The minimum atomic E-state index is -1.14. The Morgan fingerprint density at radius 2 is 1.58 bits per heavy atom. The van der Waals surface area contributed by atoms with Crippen LogP contribution in [0.25, 0.3) is 0 Å². The standard InChI is InChI=1S/C18H25N3O5/c1-10(2)15(18(25)26)21-16(23)12(4)20-14(22)9-19-17(24)13-7-5-11(3)6-8-13/h5-8,10,12,15H,9H2,1-4H3,(H,19,24)(H,20,22)(H,21,23)(H,25,26). The number of carbonyl (C=O) groups excluding carboxylic acids is 3. The zero-order valence-electron chi connectivity index (χ0n) is 15.3. The van der Waals surface area contributed by atoms with Gasteiger partial charge in [0.25, 0.3) is 5.91 Å². The summed E-state index contributed by atoms with van der Waals surface area (Å²) in [5.74, 6) is -3.00. The highest BCUT2D eigenvalue weighted by molar-refractivity contribution is 5.97. The highest BCUT2D eigenvalue weighted by Gasteiger charge is 2.26. The van der Waals surface area contributed by atoms with Gasteiger partial charge >= 0.3 is 5.97 Å². The number of amides is 3. The summed E-state index contributed by atoms with van der Waals surface area (Å²) in [4.78, 5) is 46.9. The fourth-order valence-electron chi connectivity index (χ4n) is 2.12. The Morgan fingerprint density at radius 1 is 1.00 bits per heavy atom. The maximum absolute atomic E-state index is 12.0. The van der Waals surface area contributed by atoms with E-state index >= 15 is 0 Å². The average molecular weight is 363 g/mol. The second-order valence-corrected chi connectivity index (χ2v) is 6.41. The Morgan fingerprint density at radius 3 is 2.08 bits per heavy atom. The SMILES string of the molecule is Cc1ccc(C(=O)NCC(=O)NC(C)C(=O)NC(C(=O)O)C(C)C)cc1. The fraction of sp³-hybridized carbons (Fsp3) is 0.444. The second kappa shape index (κ2) is 9.55. The molecule has 0 aliphatic heterocycles. The average Bonchev–Trinajstić information content (AvgIpc) is 2.57. The number of nitrogens with one attached hydrogen (secondary N) is 3. The zero-order valence-corrected chi connectivity index (χ0v) is 15.3. The van der Waals surface area contributed by atoms with Gasteiger partial charge < -0.3 is 21.1 Å². The molecule has 2 atom stereocenters. The topological polar surface area (TPSA) is 125 Å². The maximum Gasteiger partial charge on any atom is 0.326 e. The van der Waals surface area contributed by atoms with Crippen molar-refractivity contribution in [2.45, 2.75) is 39.8 Å². The molecule has 0 spiro atoms. The minimum absolute atomic E-state index is 0.295. The first-order valence-corrected chi connectivity index (χ1v) is 8.29. The van der Waals surface area contributed by atoms with Crippen LogP contribution >= 0.6 is 0 Å². The predicted molar refractivity (Wildman–Crippen MR) is 95.5 cm³/mol. The van der Waals surface area contributed by atoms with Crippen molar-refractivity contribution < 1.29 is 24.3 Å². The molecule has 4 N–H and O–H groups in total. The highest BCUT2D eigenvalue weighted by atomic mass is 16.4. The molecular weight excluding hydrogens is 338 g/mol. The number of carboxylic acids is 1. The van der Waals surface area contributed by atoms with Crippen LogP contribution in [0.4, 0.5) is 0 Å². The van der Waals surface area contributed by atoms with E-state index in [-0.39, 0.29) is 12.5 Å². The summed E-state index contributed by atoms with van der Waals surface area (Å²) in [6, 6.07) is 4.90. The monoisotopic (exact) mass is 363 g/mol. The molecule has 26 heavy (non-hydrogen) atoms. The highest BCUT2D eigenvalue weighted by Crippen LogP contribution is 2.03. The zero-order chi connectivity index (χ0) is 19.9. The van der Waals surface area contributed by atoms with E-state index in [9.17, 15) is 19.2 Å². The summed E-state index contributed by atoms with van der Waals surface area (Å²) in [6.45, 7) is 6.38. The first-order valence-electron chi connectivity index (χ1n) is 8.29. The molecule has 1 rings (SSSR count). The summed E-state index contributed by atoms with van der Waals surface area (Å²) in [6.07, 6.45) is 0. The Bertz CT molecular complexity index is 670. The number of carbonyl (C=O) groups is 4. The second-order valence-electron chi connectivity index (χ2n) is 6.41. The molecule has 0 bridgehead atoms. The van der Waals surface area contributed by atoms with Gasteiger partial charge in [-0.15, -0.1) is 0 Å². The van der Waals surface area contributed by atoms with Crippen molar-refractivity contribution in [3.05, 3.63) is 35.4 Å². The van der Waals surface area contributed by atoms with E-state index in [2.05, 4.69) is 16.0 Å². The molecule has 8 heteroatoms. The van der Waals surface area contributed by atoms with Crippen LogP contribution in [0.5, 0.6) is 0 Å². The molecule has 0 heterocycles. The maximum atomic E-state index is 12.0. The Hall–Kier alpha value is -2.90. The van der Waals surface area contributed by atoms with Crippen molar-refractivity contribution in [2.75, 3.05) is 6.54 Å². The quantitative estimate of drug-likeness (QED) is 0.534. The first-order chi connectivity index (χ1) is 12.1. The van der Waals surface area contributed by atoms with Crippen molar-refractivity contribution in [1.82, 2.24) is 16.0 Å². The summed E-state index contributed by atoms with van der Waals surface area (Å²) in [5, 5.41) is 16.3. The number of aryl methyl sites for hydroxylation is 1. The number of aliphatic carboxylic acids is 1. The lowest BCUT2D eigenvalue weighted by Gasteiger charge is -2.21. The van der Waals surface area contributed by atoms with Crippen LogP contribution in [-0.4, -0.2) is 47.4 Å². The number of hydrogen-bond donors (Lipinski definition) is 4. The molecule has 1 aromatic rings. The Kier molecular flexibility index (Phi) is 7.77. The van der Waals surface area contributed by atoms with Gasteiger partial charge in [0.15, 0.2) is 0 Å². The molecule has 2 unspecified atom stereocenters. The van der Waals surface area contributed by atoms with Crippen LogP contribution < -0.4 is 16.0 Å². The van der Waals surface area contributed by atoms with Gasteiger partial charge in [0.2, 0.25) is 11.8 Å². The lowest BCUT2D eigenvalue weighted by atomic mass is 10.0.